The van der Waals surface area contributed by atoms with E-state index in [0.29, 0.717) is 6.61 Å². The number of hydrogen-bond donors (Lipinski definition) is 1. The molecule has 0 atom stereocenters. The first kappa shape index (κ1) is 14.0. The fourth-order valence-electron chi connectivity index (χ4n) is 1.74. The van der Waals surface area contributed by atoms with Crippen LogP contribution >= 0.6 is 11.3 Å². The molecule has 0 spiro atoms. The van der Waals surface area contributed by atoms with Gasteiger partial charge in [0.05, 0.1) is 11.4 Å². The molecule has 2 aromatic heterocycles. The van der Waals surface area contributed by atoms with Crippen molar-refractivity contribution in [1.29, 1.82) is 0 Å². The zero-order chi connectivity index (χ0) is 13.7. The molecule has 104 valence electrons. The van der Waals surface area contributed by atoms with E-state index in [2.05, 4.69) is 22.3 Å². The van der Waals surface area contributed by atoms with Gasteiger partial charge in [-0.3, -0.25) is 0 Å². The molecule has 2 aromatic rings. The highest BCUT2D eigenvalue weighted by Crippen LogP contribution is 2.15. The maximum absolute atomic E-state index is 5.71. The van der Waals surface area contributed by atoms with Gasteiger partial charge in [-0.1, -0.05) is 6.92 Å². The fourth-order valence-corrected chi connectivity index (χ4v) is 2.49. The summed E-state index contributed by atoms with van der Waals surface area (Å²) in [5.41, 5.74) is 1.93. The van der Waals surface area contributed by atoms with Crippen molar-refractivity contribution in [2.45, 2.75) is 33.4 Å². The van der Waals surface area contributed by atoms with Crippen LogP contribution in [-0.4, -0.2) is 21.3 Å². The molecular formula is C13H20N4OS. The number of aromatic nitrogens is 3. The van der Waals surface area contributed by atoms with Crippen LogP contribution in [0.4, 0.5) is 0 Å². The summed E-state index contributed by atoms with van der Waals surface area (Å²) in [4.78, 5) is 4.53. The lowest BCUT2D eigenvalue weighted by atomic mass is 10.4. The van der Waals surface area contributed by atoms with Gasteiger partial charge in [0, 0.05) is 25.0 Å². The molecule has 0 saturated carbocycles. The number of nitrogens with zero attached hydrogens (tertiary/aromatic N) is 3. The summed E-state index contributed by atoms with van der Waals surface area (Å²) in [6.45, 7) is 6.46. The molecule has 0 amide bonds. The number of hydrogen-bond acceptors (Lipinski definition) is 5. The summed E-state index contributed by atoms with van der Waals surface area (Å²) < 4.78 is 7.45. The van der Waals surface area contributed by atoms with E-state index in [1.807, 2.05) is 25.4 Å². The van der Waals surface area contributed by atoms with Crippen molar-refractivity contribution in [2.75, 3.05) is 6.54 Å². The van der Waals surface area contributed by atoms with Crippen molar-refractivity contribution < 1.29 is 4.74 Å². The van der Waals surface area contributed by atoms with Gasteiger partial charge in [-0.05, 0) is 19.9 Å². The van der Waals surface area contributed by atoms with Gasteiger partial charge in [-0.15, -0.1) is 11.3 Å². The second kappa shape index (κ2) is 6.68. The number of aryl methyl sites for hydroxylation is 2. The Morgan fingerprint density at radius 2 is 2.32 bits per heavy atom. The minimum absolute atomic E-state index is 0.489. The van der Waals surface area contributed by atoms with Crippen LogP contribution in [0.1, 0.15) is 29.7 Å². The van der Waals surface area contributed by atoms with E-state index >= 15 is 0 Å². The zero-order valence-electron chi connectivity index (χ0n) is 11.6. The van der Waals surface area contributed by atoms with Gasteiger partial charge in [0.1, 0.15) is 11.6 Å². The lowest BCUT2D eigenvalue weighted by Crippen LogP contribution is -2.13. The summed E-state index contributed by atoms with van der Waals surface area (Å²) in [6, 6.07) is 1.93. The van der Waals surface area contributed by atoms with Gasteiger partial charge in [-0.25, -0.2) is 9.67 Å². The van der Waals surface area contributed by atoms with E-state index < -0.39 is 0 Å². The van der Waals surface area contributed by atoms with Gasteiger partial charge in [0.2, 0.25) is 5.88 Å². The molecule has 0 aliphatic heterocycles. The molecule has 0 aliphatic rings. The first-order valence-corrected chi connectivity index (χ1v) is 7.34. The van der Waals surface area contributed by atoms with Gasteiger partial charge < -0.3 is 10.1 Å². The van der Waals surface area contributed by atoms with E-state index in [1.54, 1.807) is 16.0 Å². The fraction of sp³-hybridized carbons (Fsp3) is 0.538. The van der Waals surface area contributed by atoms with Crippen LogP contribution < -0.4 is 10.1 Å². The highest BCUT2D eigenvalue weighted by atomic mass is 32.1. The molecular weight excluding hydrogens is 260 g/mol. The van der Waals surface area contributed by atoms with E-state index in [-0.39, 0.29) is 0 Å². The van der Waals surface area contributed by atoms with Gasteiger partial charge in [-0.2, -0.15) is 5.10 Å². The Morgan fingerprint density at radius 3 is 3.00 bits per heavy atom. The second-order valence-electron chi connectivity index (χ2n) is 4.45. The maximum Gasteiger partial charge on any atom is 0.212 e. The summed E-state index contributed by atoms with van der Waals surface area (Å²) in [7, 11) is 1.88. The Labute approximate surface area is 117 Å². The Hall–Kier alpha value is -1.40. The molecule has 0 unspecified atom stereocenters. The molecule has 0 aliphatic carbocycles. The third-order valence-corrected chi connectivity index (χ3v) is 3.53. The molecule has 0 bridgehead atoms. The average molecular weight is 280 g/mol. The zero-order valence-corrected chi connectivity index (χ0v) is 12.5. The Balaban J connectivity index is 1.84. The normalized spacial score (nSPS) is 10.9. The molecule has 19 heavy (non-hydrogen) atoms. The van der Waals surface area contributed by atoms with Crippen LogP contribution in [-0.2, 0) is 20.2 Å². The van der Waals surface area contributed by atoms with Crippen molar-refractivity contribution in [3.63, 3.8) is 0 Å². The Morgan fingerprint density at radius 1 is 1.47 bits per heavy atom. The van der Waals surface area contributed by atoms with E-state index in [4.69, 9.17) is 4.74 Å². The van der Waals surface area contributed by atoms with Crippen molar-refractivity contribution in [3.05, 3.63) is 27.8 Å². The molecule has 0 aromatic carbocycles. The monoisotopic (exact) mass is 280 g/mol. The molecule has 0 radical (unpaired) electrons. The van der Waals surface area contributed by atoms with Crippen LogP contribution in [0.15, 0.2) is 11.4 Å². The SMILES string of the molecule is CCCNCc1nc(COc2cc(C)nn2C)cs1. The number of thiazole rings is 1. The van der Waals surface area contributed by atoms with E-state index in [1.165, 1.54) is 0 Å². The molecule has 2 heterocycles. The average Bonchev–Trinajstić information content (AvgIpc) is 2.94. The van der Waals surface area contributed by atoms with Crippen molar-refractivity contribution in [1.82, 2.24) is 20.1 Å². The summed E-state index contributed by atoms with van der Waals surface area (Å²) in [6.07, 6.45) is 1.14. The largest absolute Gasteiger partial charge is 0.471 e. The van der Waals surface area contributed by atoms with Crippen LogP contribution in [0.25, 0.3) is 0 Å². The topological polar surface area (TPSA) is 52.0 Å². The number of rotatable bonds is 7. The third-order valence-electron chi connectivity index (χ3n) is 2.63. The van der Waals surface area contributed by atoms with Crippen molar-refractivity contribution in [3.8, 4) is 5.88 Å². The lowest BCUT2D eigenvalue weighted by molar-refractivity contribution is 0.275. The summed E-state index contributed by atoms with van der Waals surface area (Å²) in [5, 5.41) is 10.7. The molecule has 0 saturated heterocycles. The smallest absolute Gasteiger partial charge is 0.212 e. The summed E-state index contributed by atoms with van der Waals surface area (Å²) >= 11 is 1.67. The highest BCUT2D eigenvalue weighted by Gasteiger charge is 2.06. The predicted octanol–water partition coefficient (Wildman–Crippen LogP) is 2.26. The first-order valence-electron chi connectivity index (χ1n) is 6.46. The standard InChI is InChI=1S/C13H20N4OS/c1-4-5-14-7-12-15-11(9-19-12)8-18-13-6-10(2)16-17(13)3/h6,9,14H,4-5,7-8H2,1-3H3. The Kier molecular flexibility index (Phi) is 4.93. The number of nitrogens with one attached hydrogen (secondary N) is 1. The molecule has 1 N–H and O–H groups in total. The van der Waals surface area contributed by atoms with Gasteiger partial charge in [0.25, 0.3) is 0 Å². The molecule has 0 fully saturated rings. The van der Waals surface area contributed by atoms with Gasteiger partial charge in [0.15, 0.2) is 0 Å². The minimum Gasteiger partial charge on any atom is -0.471 e. The van der Waals surface area contributed by atoms with Crippen LogP contribution in [0.2, 0.25) is 0 Å². The molecule has 5 nitrogen and oxygen atoms in total. The number of ether oxygens (including phenoxy) is 1. The van der Waals surface area contributed by atoms with Crippen LogP contribution in [0, 0.1) is 6.92 Å². The third kappa shape index (κ3) is 4.04. The second-order valence-corrected chi connectivity index (χ2v) is 5.39. The quantitative estimate of drug-likeness (QED) is 0.790. The van der Waals surface area contributed by atoms with Crippen LogP contribution in [0.5, 0.6) is 5.88 Å². The lowest BCUT2D eigenvalue weighted by Gasteiger charge is -2.03. The predicted molar refractivity (Wildman–Crippen MR) is 76.4 cm³/mol. The Bertz CT molecular complexity index is 520. The minimum atomic E-state index is 0.489. The summed E-state index contributed by atoms with van der Waals surface area (Å²) in [5.74, 6) is 0.774. The van der Waals surface area contributed by atoms with Crippen molar-refractivity contribution in [2.24, 2.45) is 7.05 Å². The highest BCUT2D eigenvalue weighted by molar-refractivity contribution is 7.09. The van der Waals surface area contributed by atoms with E-state index in [9.17, 15) is 0 Å². The molecule has 6 heteroatoms. The molecule has 2 rings (SSSR count). The van der Waals surface area contributed by atoms with Crippen LogP contribution in [0.3, 0.4) is 0 Å². The first-order chi connectivity index (χ1) is 9.19. The maximum atomic E-state index is 5.71. The van der Waals surface area contributed by atoms with Crippen molar-refractivity contribution >= 4 is 11.3 Å². The van der Waals surface area contributed by atoms with Gasteiger partial charge >= 0.3 is 0 Å². The van der Waals surface area contributed by atoms with E-state index in [0.717, 1.165) is 41.8 Å².